The highest BCUT2D eigenvalue weighted by molar-refractivity contribution is 5.97. The molecule has 0 atom stereocenters. The van der Waals surface area contributed by atoms with Crippen molar-refractivity contribution in [2.75, 3.05) is 18.6 Å². The Morgan fingerprint density at radius 1 is 1.14 bits per heavy atom. The highest BCUT2D eigenvalue weighted by Crippen LogP contribution is 2.26. The zero-order chi connectivity index (χ0) is 19.5. The lowest BCUT2D eigenvalue weighted by Gasteiger charge is -2.12. The van der Waals surface area contributed by atoms with Crippen molar-refractivity contribution >= 4 is 24.2 Å². The Labute approximate surface area is 162 Å². The van der Waals surface area contributed by atoms with Gasteiger partial charge in [-0.1, -0.05) is 24.3 Å². The molecular formula is C21H19N5O2. The number of aromatic amines is 1. The quantitative estimate of drug-likeness (QED) is 0.409. The fraction of sp³-hybridized carbons (Fsp3) is 0.143. The maximum absolute atomic E-state index is 12.0. The average molecular weight is 373 g/mol. The lowest BCUT2D eigenvalue weighted by Crippen LogP contribution is -2.31. The van der Waals surface area contributed by atoms with Gasteiger partial charge in [0, 0.05) is 48.7 Å². The van der Waals surface area contributed by atoms with Crippen molar-refractivity contribution in [3.8, 4) is 11.3 Å². The minimum Gasteiger partial charge on any atom is -0.358 e. The number of anilines is 1. The van der Waals surface area contributed by atoms with Crippen LogP contribution in [0.4, 0.5) is 5.82 Å². The number of fused-ring (bicyclic) bond motifs is 1. The molecule has 3 aromatic rings. The summed E-state index contributed by atoms with van der Waals surface area (Å²) in [5, 5.41) is 8.94. The molecule has 0 bridgehead atoms. The number of amides is 1. The molecule has 1 aliphatic rings. The molecule has 0 aliphatic carbocycles. The Balaban J connectivity index is 1.55. The molecular weight excluding hydrogens is 354 g/mol. The molecule has 0 saturated heterocycles. The minimum atomic E-state index is -0.0413. The van der Waals surface area contributed by atoms with Crippen LogP contribution in [-0.4, -0.2) is 42.0 Å². The molecule has 0 unspecified atom stereocenters. The van der Waals surface area contributed by atoms with Gasteiger partial charge in [-0.3, -0.25) is 14.6 Å². The Hall–Kier alpha value is -3.74. The number of rotatable bonds is 5. The van der Waals surface area contributed by atoms with Gasteiger partial charge in [0.1, 0.15) is 12.1 Å². The Morgan fingerprint density at radius 2 is 1.93 bits per heavy atom. The molecule has 2 aromatic heterocycles. The number of hydrogen-bond donors (Lipinski definition) is 2. The van der Waals surface area contributed by atoms with Crippen molar-refractivity contribution in [1.29, 1.82) is 0 Å². The molecule has 0 saturated carbocycles. The van der Waals surface area contributed by atoms with E-state index in [9.17, 15) is 9.59 Å². The maximum atomic E-state index is 12.0. The van der Waals surface area contributed by atoms with Crippen LogP contribution in [0.5, 0.6) is 0 Å². The van der Waals surface area contributed by atoms with Crippen LogP contribution < -0.4 is 10.3 Å². The summed E-state index contributed by atoms with van der Waals surface area (Å²) in [6, 6.07) is 12.9. The van der Waals surface area contributed by atoms with E-state index in [-0.39, 0.29) is 5.91 Å². The zero-order valence-electron chi connectivity index (χ0n) is 15.3. The van der Waals surface area contributed by atoms with Gasteiger partial charge in [0.05, 0.1) is 11.8 Å². The first-order valence-electron chi connectivity index (χ1n) is 8.93. The second-order valence-electron chi connectivity index (χ2n) is 6.54. The molecule has 7 nitrogen and oxygen atoms in total. The number of hydrogen-bond acceptors (Lipinski definition) is 5. The van der Waals surface area contributed by atoms with Crippen molar-refractivity contribution in [2.24, 2.45) is 5.10 Å². The van der Waals surface area contributed by atoms with Crippen LogP contribution in [0, 0.1) is 0 Å². The van der Waals surface area contributed by atoms with E-state index in [2.05, 4.69) is 20.4 Å². The van der Waals surface area contributed by atoms with Crippen molar-refractivity contribution in [1.82, 2.24) is 15.3 Å². The highest BCUT2D eigenvalue weighted by atomic mass is 16.1. The van der Waals surface area contributed by atoms with Crippen LogP contribution in [0.3, 0.4) is 0 Å². The fourth-order valence-corrected chi connectivity index (χ4v) is 3.08. The molecule has 0 fully saturated rings. The molecule has 3 heterocycles. The third kappa shape index (κ3) is 3.55. The Morgan fingerprint density at radius 3 is 2.68 bits per heavy atom. The first-order chi connectivity index (χ1) is 13.6. The summed E-state index contributed by atoms with van der Waals surface area (Å²) in [4.78, 5) is 30.4. The van der Waals surface area contributed by atoms with Crippen LogP contribution >= 0.6 is 0 Å². The highest BCUT2D eigenvalue weighted by Gasteiger charge is 2.20. The summed E-state index contributed by atoms with van der Waals surface area (Å²) in [6.07, 6.45) is 5.03. The second-order valence-corrected chi connectivity index (χ2v) is 6.54. The molecule has 1 amide bonds. The molecule has 7 heteroatoms. The van der Waals surface area contributed by atoms with Crippen LogP contribution in [0.2, 0.25) is 0 Å². The van der Waals surface area contributed by atoms with E-state index < -0.39 is 0 Å². The van der Waals surface area contributed by atoms with Gasteiger partial charge in [0.2, 0.25) is 0 Å². The van der Waals surface area contributed by atoms with Gasteiger partial charge in [-0.25, -0.2) is 4.98 Å². The van der Waals surface area contributed by atoms with Crippen molar-refractivity contribution < 1.29 is 9.59 Å². The number of pyridine rings is 1. The number of nitrogens with zero attached hydrogens (tertiary/aromatic N) is 3. The predicted octanol–water partition coefficient (Wildman–Crippen LogP) is 2.65. The monoisotopic (exact) mass is 373 g/mol. The largest absolute Gasteiger partial charge is 0.358 e. The fourth-order valence-electron chi connectivity index (χ4n) is 3.08. The summed E-state index contributed by atoms with van der Waals surface area (Å²) in [5.74, 6) is 0.635. The third-order valence-electron chi connectivity index (χ3n) is 4.65. The van der Waals surface area contributed by atoms with E-state index in [1.807, 2.05) is 37.4 Å². The first-order valence-corrected chi connectivity index (χ1v) is 8.93. The van der Waals surface area contributed by atoms with Gasteiger partial charge >= 0.3 is 0 Å². The van der Waals surface area contributed by atoms with Crippen LogP contribution in [0.1, 0.15) is 32.0 Å². The number of carbonyl (C=O) groups excluding carboxylic acids is 2. The molecule has 0 spiro atoms. The molecule has 0 radical (unpaired) electrons. The topological polar surface area (TPSA) is 90.5 Å². The molecule has 1 aromatic carbocycles. The van der Waals surface area contributed by atoms with Crippen molar-refractivity contribution in [3.05, 3.63) is 71.0 Å². The van der Waals surface area contributed by atoms with Gasteiger partial charge in [0.25, 0.3) is 5.91 Å². The number of carbonyl (C=O) groups is 2. The number of H-pyrrole nitrogens is 1. The van der Waals surface area contributed by atoms with Gasteiger partial charge in [-0.15, -0.1) is 0 Å². The normalized spacial score (nSPS) is 13.2. The van der Waals surface area contributed by atoms with E-state index in [4.69, 9.17) is 0 Å². The van der Waals surface area contributed by atoms with Gasteiger partial charge in [-0.2, -0.15) is 5.10 Å². The third-order valence-corrected chi connectivity index (χ3v) is 4.65. The van der Waals surface area contributed by atoms with E-state index >= 15 is 0 Å². The number of benzene rings is 1. The predicted molar refractivity (Wildman–Crippen MR) is 108 cm³/mol. The molecule has 4 rings (SSSR count). The van der Waals surface area contributed by atoms with Gasteiger partial charge < -0.3 is 10.3 Å². The molecule has 28 heavy (non-hydrogen) atoms. The summed E-state index contributed by atoms with van der Waals surface area (Å²) < 4.78 is 0. The summed E-state index contributed by atoms with van der Waals surface area (Å²) >= 11 is 0. The number of hydrazone groups is 1. The lowest BCUT2D eigenvalue weighted by molar-refractivity contribution is 0.0945. The molecule has 2 N–H and O–H groups in total. The maximum Gasteiger partial charge on any atom is 0.253 e. The summed E-state index contributed by atoms with van der Waals surface area (Å²) in [5.41, 5.74) is 4.99. The van der Waals surface area contributed by atoms with Crippen LogP contribution in [-0.2, 0) is 6.42 Å². The lowest BCUT2D eigenvalue weighted by atomic mass is 10.1. The zero-order valence-corrected chi connectivity index (χ0v) is 15.3. The van der Waals surface area contributed by atoms with Crippen LogP contribution in [0.15, 0.2) is 53.8 Å². The standard InChI is InChI=1S/C21H19N5O2/c1-26(24-12-14-2-4-15(13-27)5-3-14)20-10-16(6-8-22-20)19-11-17-18(25-19)7-9-23-21(17)28/h2-6,8,10-13,25H,7,9H2,1H3,(H,23,28). The number of aldehydes is 1. The average Bonchev–Trinajstić information content (AvgIpc) is 3.18. The van der Waals surface area contributed by atoms with E-state index in [0.29, 0.717) is 23.5 Å². The molecule has 1 aliphatic heterocycles. The minimum absolute atomic E-state index is 0.0413. The first kappa shape index (κ1) is 17.7. The summed E-state index contributed by atoms with van der Waals surface area (Å²) in [7, 11) is 1.82. The van der Waals surface area contributed by atoms with Crippen molar-refractivity contribution in [3.63, 3.8) is 0 Å². The van der Waals surface area contributed by atoms with Crippen molar-refractivity contribution in [2.45, 2.75) is 6.42 Å². The molecule has 140 valence electrons. The SMILES string of the molecule is CN(N=Cc1ccc(C=O)cc1)c1cc(-c2cc3c([nH]2)CCNC3=O)ccn1. The van der Waals surface area contributed by atoms with Gasteiger partial charge in [-0.05, 0) is 23.8 Å². The Bertz CT molecular complexity index is 1050. The van der Waals surface area contributed by atoms with Crippen LogP contribution in [0.25, 0.3) is 11.3 Å². The smallest absolute Gasteiger partial charge is 0.253 e. The van der Waals surface area contributed by atoms with E-state index in [1.165, 1.54) is 0 Å². The van der Waals surface area contributed by atoms with E-state index in [1.54, 1.807) is 29.6 Å². The van der Waals surface area contributed by atoms with Gasteiger partial charge in [0.15, 0.2) is 0 Å². The van der Waals surface area contributed by atoms with E-state index in [0.717, 1.165) is 35.2 Å². The Kier molecular flexibility index (Phi) is 4.72. The second kappa shape index (κ2) is 7.48. The summed E-state index contributed by atoms with van der Waals surface area (Å²) in [6.45, 7) is 0.651. The number of aromatic nitrogens is 2. The number of nitrogens with one attached hydrogen (secondary N) is 2.